The first-order valence-corrected chi connectivity index (χ1v) is 13.1. The van der Waals surface area contributed by atoms with E-state index in [-0.39, 0.29) is 18.6 Å². The van der Waals surface area contributed by atoms with Crippen molar-refractivity contribution >= 4 is 52.5 Å². The van der Waals surface area contributed by atoms with Crippen LogP contribution in [0.1, 0.15) is 28.2 Å². The predicted molar refractivity (Wildman–Crippen MR) is 141 cm³/mol. The van der Waals surface area contributed by atoms with Crippen LogP contribution in [0.4, 0.5) is 0 Å². The molecule has 8 heteroatoms. The van der Waals surface area contributed by atoms with E-state index in [4.69, 9.17) is 0 Å². The molecule has 0 aliphatic rings. The van der Waals surface area contributed by atoms with Crippen molar-refractivity contribution in [3.63, 3.8) is 0 Å². The van der Waals surface area contributed by atoms with Crippen LogP contribution in [0.3, 0.4) is 0 Å². The average Bonchev–Trinajstić information content (AvgIpc) is 3.28. The summed E-state index contributed by atoms with van der Waals surface area (Å²) < 4.78 is 0. The fourth-order valence-corrected chi connectivity index (χ4v) is 4.96. The maximum absolute atomic E-state index is 12.9. The van der Waals surface area contributed by atoms with Crippen molar-refractivity contribution in [1.29, 1.82) is 0 Å². The Labute approximate surface area is 207 Å². The number of fused-ring (bicyclic) bond motifs is 1. The summed E-state index contributed by atoms with van der Waals surface area (Å²) in [5.74, 6) is 0.707. The number of benzene rings is 2. The maximum atomic E-state index is 12.9. The Morgan fingerprint density at radius 2 is 2.00 bits per heavy atom. The summed E-state index contributed by atoms with van der Waals surface area (Å²) in [5, 5.41) is 21.1. The Morgan fingerprint density at radius 3 is 2.79 bits per heavy atom. The van der Waals surface area contributed by atoms with Crippen LogP contribution in [0.15, 0.2) is 76.7 Å². The highest BCUT2D eigenvalue weighted by Crippen LogP contribution is 2.33. The van der Waals surface area contributed by atoms with Gasteiger partial charge in [-0.25, -0.2) is 0 Å². The van der Waals surface area contributed by atoms with Gasteiger partial charge in [0.1, 0.15) is 0 Å². The van der Waals surface area contributed by atoms with Gasteiger partial charge in [0, 0.05) is 21.4 Å². The number of pyridine rings is 1. The Kier molecular flexibility index (Phi) is 8.41. The minimum Gasteiger partial charge on any atom is -0.394 e. The van der Waals surface area contributed by atoms with E-state index in [9.17, 15) is 9.90 Å². The zero-order valence-electron chi connectivity index (χ0n) is 18.8. The van der Waals surface area contributed by atoms with Crippen molar-refractivity contribution in [3.05, 3.63) is 83.8 Å². The quantitative estimate of drug-likeness (QED) is 0.286. The second kappa shape index (κ2) is 11.9. The van der Waals surface area contributed by atoms with Crippen molar-refractivity contribution in [3.8, 4) is 0 Å². The van der Waals surface area contributed by atoms with Gasteiger partial charge in [-0.05, 0) is 73.0 Å². The van der Waals surface area contributed by atoms with Crippen LogP contribution in [-0.2, 0) is 0 Å². The molecule has 0 bridgehead atoms. The lowest BCUT2D eigenvalue weighted by Gasteiger charge is -2.17. The van der Waals surface area contributed by atoms with Gasteiger partial charge in [-0.3, -0.25) is 14.9 Å². The van der Waals surface area contributed by atoms with E-state index in [0.29, 0.717) is 5.56 Å². The van der Waals surface area contributed by atoms with E-state index in [1.165, 1.54) is 11.8 Å². The fourth-order valence-electron chi connectivity index (χ4n) is 3.45. The number of nitrogens with zero attached hydrogens (tertiary/aromatic N) is 2. The zero-order chi connectivity index (χ0) is 23.8. The molecule has 0 radical (unpaired) electrons. The van der Waals surface area contributed by atoms with Gasteiger partial charge in [0.05, 0.1) is 35.1 Å². The van der Waals surface area contributed by atoms with Crippen molar-refractivity contribution in [2.45, 2.75) is 22.3 Å². The normalized spacial score (nSPS) is 12.3. The Bertz CT molecular complexity index is 1270. The molecule has 3 N–H and O–H groups in total. The van der Waals surface area contributed by atoms with E-state index in [1.54, 1.807) is 18.0 Å². The molecule has 0 spiro atoms. The molecule has 6 nitrogen and oxygen atoms in total. The van der Waals surface area contributed by atoms with Crippen molar-refractivity contribution < 1.29 is 9.90 Å². The summed E-state index contributed by atoms with van der Waals surface area (Å²) in [6.45, 7) is -0.0742. The van der Waals surface area contributed by atoms with Crippen LogP contribution in [0, 0.1) is 0 Å². The SMILES string of the molecule is CSCCC(CO)NC(=O)c1ccccc1Sc1ccc2c(/C=C/c3ccccn3)n[nH]c2c1. The van der Waals surface area contributed by atoms with Gasteiger partial charge in [0.15, 0.2) is 0 Å². The summed E-state index contributed by atoms with van der Waals surface area (Å²) >= 11 is 3.22. The summed E-state index contributed by atoms with van der Waals surface area (Å²) in [4.78, 5) is 19.1. The highest BCUT2D eigenvalue weighted by atomic mass is 32.2. The van der Waals surface area contributed by atoms with Crippen LogP contribution in [-0.4, -0.2) is 50.9 Å². The van der Waals surface area contributed by atoms with Gasteiger partial charge in [-0.2, -0.15) is 16.9 Å². The van der Waals surface area contributed by atoms with Crippen molar-refractivity contribution in [2.75, 3.05) is 18.6 Å². The Balaban J connectivity index is 1.51. The van der Waals surface area contributed by atoms with Crippen molar-refractivity contribution in [1.82, 2.24) is 20.5 Å². The first-order chi connectivity index (χ1) is 16.7. The largest absolute Gasteiger partial charge is 0.394 e. The standard InChI is InChI=1S/C26H26N4O2S2/c1-33-15-13-19(17-31)28-26(32)22-7-2-3-8-25(22)34-20-10-11-21-23(29-30-24(21)16-20)12-9-18-6-4-5-14-27-18/h2-12,14,16,19,31H,13,15,17H2,1H3,(H,28,32)(H,29,30)/b12-9+. The van der Waals surface area contributed by atoms with Crippen LogP contribution >= 0.6 is 23.5 Å². The number of hydrogen-bond donors (Lipinski definition) is 3. The van der Waals surface area contributed by atoms with E-state index < -0.39 is 0 Å². The lowest BCUT2D eigenvalue weighted by Crippen LogP contribution is -2.38. The van der Waals surface area contributed by atoms with Gasteiger partial charge >= 0.3 is 0 Å². The highest BCUT2D eigenvalue weighted by molar-refractivity contribution is 7.99. The number of nitrogens with one attached hydrogen (secondary N) is 2. The number of aromatic amines is 1. The summed E-state index contributed by atoms with van der Waals surface area (Å²) in [5.41, 5.74) is 3.23. The monoisotopic (exact) mass is 490 g/mol. The molecule has 4 aromatic rings. The number of rotatable bonds is 10. The number of aliphatic hydroxyl groups is 1. The minimum absolute atomic E-state index is 0.0742. The molecule has 0 aliphatic heterocycles. The summed E-state index contributed by atoms with van der Waals surface area (Å²) in [7, 11) is 0. The van der Waals surface area contributed by atoms with E-state index >= 15 is 0 Å². The lowest BCUT2D eigenvalue weighted by molar-refractivity contribution is 0.0912. The molecule has 0 aliphatic carbocycles. The smallest absolute Gasteiger partial charge is 0.252 e. The second-order valence-corrected chi connectivity index (χ2v) is 9.74. The van der Waals surface area contributed by atoms with Crippen LogP contribution in [0.5, 0.6) is 0 Å². The Morgan fingerprint density at radius 1 is 1.15 bits per heavy atom. The molecular formula is C26H26N4O2S2. The number of H-pyrrole nitrogens is 1. The first-order valence-electron chi connectivity index (χ1n) is 10.9. The molecule has 1 atom stereocenters. The minimum atomic E-state index is -0.253. The molecule has 4 rings (SSSR count). The topological polar surface area (TPSA) is 90.9 Å². The molecule has 34 heavy (non-hydrogen) atoms. The van der Waals surface area contributed by atoms with Crippen LogP contribution < -0.4 is 5.32 Å². The summed E-state index contributed by atoms with van der Waals surface area (Å²) in [6.07, 6.45) is 8.39. The fraction of sp³-hybridized carbons (Fsp3) is 0.192. The van der Waals surface area contributed by atoms with Gasteiger partial charge < -0.3 is 10.4 Å². The van der Waals surface area contributed by atoms with Crippen molar-refractivity contribution in [2.24, 2.45) is 0 Å². The van der Waals surface area contributed by atoms with Crippen LogP contribution in [0.25, 0.3) is 23.1 Å². The maximum Gasteiger partial charge on any atom is 0.252 e. The number of carbonyl (C=O) groups is 1. The number of amides is 1. The van der Waals surface area contributed by atoms with E-state index in [2.05, 4.69) is 20.5 Å². The third kappa shape index (κ3) is 6.08. The van der Waals surface area contributed by atoms with Gasteiger partial charge in [-0.15, -0.1) is 0 Å². The highest BCUT2D eigenvalue weighted by Gasteiger charge is 2.16. The molecule has 2 aromatic carbocycles. The summed E-state index contributed by atoms with van der Waals surface area (Å²) in [6, 6.07) is 19.2. The van der Waals surface area contributed by atoms with E-state index in [1.807, 2.05) is 79.1 Å². The predicted octanol–water partition coefficient (Wildman–Crippen LogP) is 5.12. The molecule has 0 saturated carbocycles. The molecule has 2 aromatic heterocycles. The molecule has 174 valence electrons. The molecule has 1 unspecified atom stereocenters. The first kappa shape index (κ1) is 24.1. The number of aromatic nitrogens is 3. The van der Waals surface area contributed by atoms with Gasteiger partial charge in [0.2, 0.25) is 0 Å². The number of thioether (sulfide) groups is 1. The number of aliphatic hydroxyl groups excluding tert-OH is 1. The molecule has 2 heterocycles. The van der Waals surface area contributed by atoms with Gasteiger partial charge in [-0.1, -0.05) is 30.0 Å². The van der Waals surface area contributed by atoms with Gasteiger partial charge in [0.25, 0.3) is 5.91 Å². The average molecular weight is 491 g/mol. The number of hydrogen-bond acceptors (Lipinski definition) is 6. The zero-order valence-corrected chi connectivity index (χ0v) is 20.4. The third-order valence-corrected chi connectivity index (χ3v) is 6.96. The third-order valence-electron chi connectivity index (χ3n) is 5.25. The second-order valence-electron chi connectivity index (χ2n) is 7.64. The van der Waals surface area contributed by atoms with E-state index in [0.717, 1.165) is 44.3 Å². The molecule has 0 saturated heterocycles. The molecule has 0 fully saturated rings. The molecule has 1 amide bonds. The number of carbonyl (C=O) groups excluding carboxylic acids is 1. The molecular weight excluding hydrogens is 464 g/mol. The van der Waals surface area contributed by atoms with Crippen LogP contribution in [0.2, 0.25) is 0 Å². The lowest BCUT2D eigenvalue weighted by atomic mass is 10.1. The Hall–Kier alpha value is -3.07.